The average Bonchev–Trinajstić information content (AvgIpc) is 3.36. The molecule has 1 aliphatic rings. The summed E-state index contributed by atoms with van der Waals surface area (Å²) in [7, 11) is 2.18. The maximum atomic E-state index is 11.6. The number of aryl methyl sites for hydroxylation is 2. The molecule has 3 aromatic carbocycles. The molecule has 39 heavy (non-hydrogen) atoms. The fraction of sp³-hybridized carbons (Fsp3) is 0.375. The third-order valence-electron chi connectivity index (χ3n) is 7.36. The van der Waals surface area contributed by atoms with E-state index < -0.39 is 0 Å². The molecule has 0 radical (unpaired) electrons. The van der Waals surface area contributed by atoms with Crippen LogP contribution in [-0.4, -0.2) is 67.3 Å². The third kappa shape index (κ3) is 6.25. The summed E-state index contributed by atoms with van der Waals surface area (Å²) >= 11 is 0. The SMILES string of the molecule is CCOC(=O)CCCOc1c(C)cc(-c2nc3ccc(-c4ccc(N5CCN(C)CC5)cc4)cc3[nH]2)cc1C. The fourth-order valence-electron chi connectivity index (χ4n) is 5.19. The van der Waals surface area contributed by atoms with Crippen LogP contribution in [0.2, 0.25) is 0 Å². The number of imidazole rings is 1. The first-order valence-electron chi connectivity index (χ1n) is 13.8. The summed E-state index contributed by atoms with van der Waals surface area (Å²) in [4.78, 5) is 24.8. The zero-order valence-corrected chi connectivity index (χ0v) is 23.4. The van der Waals surface area contributed by atoms with Gasteiger partial charge in [-0.05, 0) is 92.9 Å². The monoisotopic (exact) mass is 526 g/mol. The lowest BCUT2D eigenvalue weighted by Crippen LogP contribution is -2.44. The van der Waals surface area contributed by atoms with Crippen molar-refractivity contribution in [2.45, 2.75) is 33.6 Å². The number of rotatable bonds is 9. The molecule has 7 heteroatoms. The highest BCUT2D eigenvalue weighted by Crippen LogP contribution is 2.32. The van der Waals surface area contributed by atoms with Gasteiger partial charge in [0.2, 0.25) is 0 Å². The first-order valence-corrected chi connectivity index (χ1v) is 13.8. The van der Waals surface area contributed by atoms with Gasteiger partial charge in [-0.25, -0.2) is 4.98 Å². The number of piperazine rings is 1. The first kappa shape index (κ1) is 26.8. The Balaban J connectivity index is 1.29. The maximum absolute atomic E-state index is 11.6. The smallest absolute Gasteiger partial charge is 0.305 e. The minimum absolute atomic E-state index is 0.180. The van der Waals surface area contributed by atoms with Gasteiger partial charge in [0, 0.05) is 43.9 Å². The molecule has 7 nitrogen and oxygen atoms in total. The average molecular weight is 527 g/mol. The molecule has 5 rings (SSSR count). The predicted octanol–water partition coefficient (Wildman–Crippen LogP) is 5.99. The Morgan fingerprint density at radius 3 is 2.31 bits per heavy atom. The summed E-state index contributed by atoms with van der Waals surface area (Å²) in [6.07, 6.45) is 0.995. The molecule has 0 bridgehead atoms. The molecule has 0 spiro atoms. The highest BCUT2D eigenvalue weighted by Gasteiger charge is 2.15. The Morgan fingerprint density at radius 1 is 0.923 bits per heavy atom. The normalized spacial score (nSPS) is 14.1. The van der Waals surface area contributed by atoms with Crippen LogP contribution in [0.4, 0.5) is 5.69 Å². The van der Waals surface area contributed by atoms with Gasteiger partial charge in [0.25, 0.3) is 0 Å². The zero-order chi connectivity index (χ0) is 27.4. The van der Waals surface area contributed by atoms with E-state index in [4.69, 9.17) is 14.5 Å². The number of benzene rings is 3. The number of anilines is 1. The van der Waals surface area contributed by atoms with E-state index in [0.29, 0.717) is 26.1 Å². The van der Waals surface area contributed by atoms with Crippen LogP contribution in [0.25, 0.3) is 33.5 Å². The van der Waals surface area contributed by atoms with E-state index in [1.807, 2.05) is 20.8 Å². The fourth-order valence-corrected chi connectivity index (χ4v) is 5.19. The minimum atomic E-state index is -0.180. The van der Waals surface area contributed by atoms with Crippen LogP contribution in [0.3, 0.4) is 0 Å². The lowest BCUT2D eigenvalue weighted by atomic mass is 10.0. The number of carbonyl (C=O) groups is 1. The highest BCUT2D eigenvalue weighted by atomic mass is 16.5. The molecular formula is C32H38N4O3. The molecule has 1 saturated heterocycles. The van der Waals surface area contributed by atoms with Gasteiger partial charge in [-0.2, -0.15) is 0 Å². The Bertz CT molecular complexity index is 1410. The second kappa shape index (κ2) is 11.9. The van der Waals surface area contributed by atoms with Gasteiger partial charge in [0.1, 0.15) is 11.6 Å². The Labute approximate surface area is 230 Å². The van der Waals surface area contributed by atoms with E-state index in [0.717, 1.165) is 65.5 Å². The van der Waals surface area contributed by atoms with Crippen LogP contribution >= 0.6 is 0 Å². The van der Waals surface area contributed by atoms with Gasteiger partial charge in [-0.15, -0.1) is 0 Å². The van der Waals surface area contributed by atoms with Crippen LogP contribution in [0, 0.1) is 13.8 Å². The number of carbonyl (C=O) groups excluding carboxylic acids is 1. The van der Waals surface area contributed by atoms with E-state index in [2.05, 4.69) is 76.4 Å². The van der Waals surface area contributed by atoms with Crippen molar-refractivity contribution in [2.24, 2.45) is 0 Å². The van der Waals surface area contributed by atoms with Gasteiger partial charge < -0.3 is 24.3 Å². The minimum Gasteiger partial charge on any atom is -0.493 e. The number of ether oxygens (including phenoxy) is 2. The van der Waals surface area contributed by atoms with Crippen molar-refractivity contribution < 1.29 is 14.3 Å². The van der Waals surface area contributed by atoms with E-state index >= 15 is 0 Å². The van der Waals surface area contributed by atoms with Gasteiger partial charge in [-0.1, -0.05) is 18.2 Å². The molecule has 1 N–H and O–H groups in total. The van der Waals surface area contributed by atoms with Crippen LogP contribution in [0.15, 0.2) is 54.6 Å². The van der Waals surface area contributed by atoms with E-state index in [9.17, 15) is 4.79 Å². The van der Waals surface area contributed by atoms with Crippen molar-refractivity contribution in [2.75, 3.05) is 51.3 Å². The second-order valence-corrected chi connectivity index (χ2v) is 10.4. The number of aromatic nitrogens is 2. The molecule has 0 unspecified atom stereocenters. The van der Waals surface area contributed by atoms with Gasteiger partial charge in [0.05, 0.1) is 24.2 Å². The molecule has 204 valence electrons. The van der Waals surface area contributed by atoms with Crippen molar-refractivity contribution in [3.8, 4) is 28.3 Å². The van der Waals surface area contributed by atoms with E-state index in [1.165, 1.54) is 16.8 Å². The number of hydrogen-bond acceptors (Lipinski definition) is 6. The standard InChI is InChI=1S/C32H38N4O3/c1-5-38-30(37)7-6-18-39-31-22(2)19-26(20-23(31)3)32-33-28-13-10-25(21-29(28)34-32)24-8-11-27(12-9-24)36-16-14-35(4)15-17-36/h8-13,19-21H,5-7,14-18H2,1-4H3,(H,33,34). The Kier molecular flexibility index (Phi) is 8.17. The number of H-pyrrole nitrogens is 1. The topological polar surface area (TPSA) is 70.7 Å². The summed E-state index contributed by atoms with van der Waals surface area (Å²) in [5.74, 6) is 1.52. The summed E-state index contributed by atoms with van der Waals surface area (Å²) in [5.41, 5.74) is 8.72. The van der Waals surface area contributed by atoms with Crippen LogP contribution in [-0.2, 0) is 9.53 Å². The molecule has 0 amide bonds. The molecule has 0 saturated carbocycles. The molecule has 1 aliphatic heterocycles. The highest BCUT2D eigenvalue weighted by molar-refractivity contribution is 5.85. The van der Waals surface area contributed by atoms with Crippen LogP contribution < -0.4 is 9.64 Å². The van der Waals surface area contributed by atoms with Crippen molar-refractivity contribution in [1.82, 2.24) is 14.9 Å². The largest absolute Gasteiger partial charge is 0.493 e. The Hall–Kier alpha value is -3.84. The molecule has 1 aromatic heterocycles. The number of aromatic amines is 1. The number of nitrogens with one attached hydrogen (secondary N) is 1. The van der Waals surface area contributed by atoms with E-state index in [-0.39, 0.29) is 5.97 Å². The maximum Gasteiger partial charge on any atom is 0.305 e. The van der Waals surface area contributed by atoms with Crippen molar-refractivity contribution in [3.05, 3.63) is 65.7 Å². The Morgan fingerprint density at radius 2 is 1.62 bits per heavy atom. The van der Waals surface area contributed by atoms with Crippen LogP contribution in [0.5, 0.6) is 5.75 Å². The van der Waals surface area contributed by atoms with Crippen molar-refractivity contribution in [1.29, 1.82) is 0 Å². The number of esters is 1. The predicted molar refractivity (Wildman–Crippen MR) is 158 cm³/mol. The van der Waals surface area contributed by atoms with Crippen molar-refractivity contribution >= 4 is 22.7 Å². The summed E-state index contributed by atoms with van der Waals surface area (Å²) in [6.45, 7) is 11.1. The third-order valence-corrected chi connectivity index (χ3v) is 7.36. The molecule has 1 fully saturated rings. The number of nitrogens with zero attached hydrogens (tertiary/aromatic N) is 3. The molecule has 4 aromatic rings. The number of likely N-dealkylation sites (N-methyl/N-ethyl adjacent to an activating group) is 1. The quantitative estimate of drug-likeness (QED) is 0.213. The summed E-state index contributed by atoms with van der Waals surface area (Å²) in [6, 6.07) is 19.5. The summed E-state index contributed by atoms with van der Waals surface area (Å²) in [5, 5.41) is 0. The number of fused-ring (bicyclic) bond motifs is 1. The molecule has 0 atom stereocenters. The lowest BCUT2D eigenvalue weighted by molar-refractivity contribution is -0.143. The second-order valence-electron chi connectivity index (χ2n) is 10.4. The van der Waals surface area contributed by atoms with Crippen molar-refractivity contribution in [3.63, 3.8) is 0 Å². The molecular weight excluding hydrogens is 488 g/mol. The van der Waals surface area contributed by atoms with Crippen LogP contribution in [0.1, 0.15) is 30.9 Å². The zero-order valence-electron chi connectivity index (χ0n) is 23.4. The summed E-state index contributed by atoms with van der Waals surface area (Å²) < 4.78 is 11.0. The van der Waals surface area contributed by atoms with Gasteiger partial charge in [0.15, 0.2) is 0 Å². The number of hydrogen-bond donors (Lipinski definition) is 1. The molecule has 2 heterocycles. The van der Waals surface area contributed by atoms with Gasteiger partial charge >= 0.3 is 5.97 Å². The van der Waals surface area contributed by atoms with Gasteiger partial charge in [-0.3, -0.25) is 4.79 Å². The van der Waals surface area contributed by atoms with E-state index in [1.54, 1.807) is 0 Å². The first-order chi connectivity index (χ1) is 18.9. The molecule has 0 aliphatic carbocycles. The lowest BCUT2D eigenvalue weighted by Gasteiger charge is -2.34.